The molecule has 1 fully saturated rings. The van der Waals surface area contributed by atoms with Crippen LogP contribution in [0.2, 0.25) is 0 Å². The summed E-state index contributed by atoms with van der Waals surface area (Å²) in [5.41, 5.74) is 0.553. The fourth-order valence-corrected chi connectivity index (χ4v) is 3.31. The van der Waals surface area contributed by atoms with Gasteiger partial charge in [0.25, 0.3) is 5.91 Å². The molecule has 1 atom stereocenters. The van der Waals surface area contributed by atoms with Crippen LogP contribution >= 0.6 is 0 Å². The molecule has 2 heterocycles. The fourth-order valence-electron chi connectivity index (χ4n) is 2.79. The van der Waals surface area contributed by atoms with E-state index in [2.05, 4.69) is 5.32 Å². The molecule has 9 heteroatoms. The van der Waals surface area contributed by atoms with Crippen LogP contribution < -0.4 is 10.5 Å². The highest BCUT2D eigenvalue weighted by atomic mass is 32.2. The highest BCUT2D eigenvalue weighted by molar-refractivity contribution is 7.89. The molecule has 1 saturated heterocycles. The van der Waals surface area contributed by atoms with Crippen molar-refractivity contribution in [2.24, 2.45) is 5.14 Å². The number of rotatable bonds is 6. The number of sulfonamides is 1. The van der Waals surface area contributed by atoms with Crippen LogP contribution in [0.5, 0.6) is 0 Å². The second kappa shape index (κ2) is 8.39. The number of amides is 1. The molecule has 1 aliphatic rings. The van der Waals surface area contributed by atoms with E-state index in [0.717, 1.165) is 12.8 Å². The first-order valence-electron chi connectivity index (χ1n) is 8.61. The topological polar surface area (TPSA) is 135 Å². The second-order valence-corrected chi connectivity index (χ2v) is 7.85. The van der Waals surface area contributed by atoms with Gasteiger partial charge in [-0.2, -0.15) is 5.26 Å². The molecule has 0 aliphatic carbocycles. The quantitative estimate of drug-likeness (QED) is 0.560. The van der Waals surface area contributed by atoms with Gasteiger partial charge in [-0.15, -0.1) is 0 Å². The van der Waals surface area contributed by atoms with E-state index in [1.165, 1.54) is 18.2 Å². The number of nitrogens with zero attached hydrogens (tertiary/aromatic N) is 1. The smallest absolute Gasteiger partial charge is 0.262 e. The predicted molar refractivity (Wildman–Crippen MR) is 101 cm³/mol. The van der Waals surface area contributed by atoms with E-state index in [9.17, 15) is 18.5 Å². The number of carbonyl (C=O) groups excluding carboxylic acids is 1. The van der Waals surface area contributed by atoms with Gasteiger partial charge < -0.3 is 14.5 Å². The number of ether oxygens (including phenoxy) is 1. The van der Waals surface area contributed by atoms with E-state index < -0.39 is 15.9 Å². The van der Waals surface area contributed by atoms with Crippen LogP contribution in [-0.4, -0.2) is 33.6 Å². The van der Waals surface area contributed by atoms with Crippen LogP contribution in [0, 0.1) is 11.3 Å². The van der Waals surface area contributed by atoms with Gasteiger partial charge in [0, 0.05) is 24.8 Å². The Bertz CT molecular complexity index is 1030. The van der Waals surface area contributed by atoms with Gasteiger partial charge in [-0.1, -0.05) is 0 Å². The van der Waals surface area contributed by atoms with Crippen molar-refractivity contribution in [3.63, 3.8) is 0 Å². The minimum Gasteiger partial charge on any atom is -0.457 e. The van der Waals surface area contributed by atoms with Crippen molar-refractivity contribution >= 4 is 22.0 Å². The van der Waals surface area contributed by atoms with E-state index in [-0.39, 0.29) is 16.6 Å². The van der Waals surface area contributed by atoms with Crippen molar-refractivity contribution < 1.29 is 22.4 Å². The number of furan rings is 1. The van der Waals surface area contributed by atoms with Crippen molar-refractivity contribution in [2.75, 3.05) is 13.2 Å². The lowest BCUT2D eigenvalue weighted by Gasteiger charge is -2.09. The van der Waals surface area contributed by atoms with Gasteiger partial charge in [0.05, 0.1) is 11.0 Å². The van der Waals surface area contributed by atoms with Crippen molar-refractivity contribution in [2.45, 2.75) is 23.8 Å². The molecule has 1 aromatic heterocycles. The number of nitrogens with one attached hydrogen (secondary N) is 1. The van der Waals surface area contributed by atoms with Crippen LogP contribution in [0.3, 0.4) is 0 Å². The normalized spacial score (nSPS) is 17.3. The zero-order valence-corrected chi connectivity index (χ0v) is 15.7. The van der Waals surface area contributed by atoms with Crippen LogP contribution in [0.15, 0.2) is 51.3 Å². The number of carbonyl (C=O) groups is 1. The SMILES string of the molecule is N#C/C(=C/c1ccc(-c2ccc(S(N)(=O)=O)cc2)o1)C(=O)NCC1CCCO1. The summed E-state index contributed by atoms with van der Waals surface area (Å²) in [5, 5.41) is 17.0. The van der Waals surface area contributed by atoms with Gasteiger partial charge in [0.15, 0.2) is 0 Å². The molecule has 8 nitrogen and oxygen atoms in total. The van der Waals surface area contributed by atoms with Crippen molar-refractivity contribution in [1.82, 2.24) is 5.32 Å². The summed E-state index contributed by atoms with van der Waals surface area (Å²) in [5.74, 6) is 0.298. The Morgan fingerprint density at radius 1 is 1.29 bits per heavy atom. The van der Waals surface area contributed by atoms with E-state index >= 15 is 0 Å². The molecule has 3 rings (SSSR count). The average molecular weight is 401 g/mol. The first-order valence-corrected chi connectivity index (χ1v) is 10.2. The number of hydrogen-bond acceptors (Lipinski definition) is 6. The van der Waals surface area contributed by atoms with E-state index in [1.54, 1.807) is 24.3 Å². The Kier molecular flexibility index (Phi) is 5.94. The third-order valence-corrected chi connectivity index (χ3v) is 5.19. The maximum atomic E-state index is 12.2. The minimum absolute atomic E-state index is 0.00222. The molecule has 1 amide bonds. The standard InChI is InChI=1S/C19H19N3O5S/c20-11-14(19(23)22-12-16-2-1-9-26-16)10-15-5-8-18(27-15)13-3-6-17(7-4-13)28(21,24)25/h3-8,10,16H,1-2,9,12H2,(H,22,23)(H2,21,24,25)/b14-10-. The summed E-state index contributed by atoms with van der Waals surface area (Å²) >= 11 is 0. The molecule has 28 heavy (non-hydrogen) atoms. The first kappa shape index (κ1) is 19.8. The molecule has 2 aromatic rings. The number of nitrogens with two attached hydrogens (primary N) is 1. The summed E-state index contributed by atoms with van der Waals surface area (Å²) < 4.78 is 33.7. The molecule has 1 aromatic carbocycles. The summed E-state index contributed by atoms with van der Waals surface area (Å²) in [4.78, 5) is 12.2. The zero-order valence-electron chi connectivity index (χ0n) is 14.9. The van der Waals surface area contributed by atoms with Crippen molar-refractivity contribution in [1.29, 1.82) is 5.26 Å². The Morgan fingerprint density at radius 3 is 2.64 bits per heavy atom. The maximum Gasteiger partial charge on any atom is 0.262 e. The summed E-state index contributed by atoms with van der Waals surface area (Å²) in [7, 11) is -3.77. The molecule has 0 bridgehead atoms. The van der Waals surface area contributed by atoms with Gasteiger partial charge >= 0.3 is 0 Å². The molecule has 0 saturated carbocycles. The van der Waals surface area contributed by atoms with Crippen molar-refractivity contribution in [3.05, 3.63) is 47.7 Å². The van der Waals surface area contributed by atoms with Crippen LogP contribution in [0.1, 0.15) is 18.6 Å². The monoisotopic (exact) mass is 401 g/mol. The van der Waals surface area contributed by atoms with Gasteiger partial charge in [0.2, 0.25) is 10.0 Å². The Balaban J connectivity index is 1.71. The number of benzene rings is 1. The van der Waals surface area contributed by atoms with Crippen LogP contribution in [0.25, 0.3) is 17.4 Å². The van der Waals surface area contributed by atoms with Gasteiger partial charge in [-0.25, -0.2) is 13.6 Å². The van der Waals surface area contributed by atoms with Gasteiger partial charge in [0.1, 0.15) is 23.2 Å². The third-order valence-electron chi connectivity index (χ3n) is 4.26. The van der Waals surface area contributed by atoms with Crippen molar-refractivity contribution in [3.8, 4) is 17.4 Å². The maximum absolute atomic E-state index is 12.2. The molecule has 146 valence electrons. The number of nitriles is 1. The molecular formula is C19H19N3O5S. The molecule has 0 radical (unpaired) electrons. The van der Waals surface area contributed by atoms with Crippen LogP contribution in [0.4, 0.5) is 0 Å². The lowest BCUT2D eigenvalue weighted by Crippen LogP contribution is -2.32. The van der Waals surface area contributed by atoms with Gasteiger partial charge in [-0.3, -0.25) is 4.79 Å². The minimum atomic E-state index is -3.77. The molecule has 1 unspecified atom stereocenters. The zero-order chi connectivity index (χ0) is 20.1. The molecular weight excluding hydrogens is 382 g/mol. The summed E-state index contributed by atoms with van der Waals surface area (Å²) in [6, 6.07) is 11.0. The Hall–Kier alpha value is -2.93. The Labute approximate surface area is 162 Å². The van der Waals surface area contributed by atoms with E-state index in [0.29, 0.717) is 30.2 Å². The third kappa shape index (κ3) is 4.86. The largest absolute Gasteiger partial charge is 0.457 e. The fraction of sp³-hybridized carbons (Fsp3) is 0.263. The number of primary sulfonamides is 1. The Morgan fingerprint density at radius 2 is 2.04 bits per heavy atom. The molecule has 3 N–H and O–H groups in total. The molecule has 0 spiro atoms. The summed E-state index contributed by atoms with van der Waals surface area (Å²) in [6.07, 6.45) is 3.19. The highest BCUT2D eigenvalue weighted by Gasteiger charge is 2.18. The average Bonchev–Trinajstić information content (AvgIpc) is 3.35. The highest BCUT2D eigenvalue weighted by Crippen LogP contribution is 2.24. The lowest BCUT2D eigenvalue weighted by molar-refractivity contribution is -0.117. The number of hydrogen-bond donors (Lipinski definition) is 2. The van der Waals surface area contributed by atoms with Crippen LogP contribution in [-0.2, 0) is 19.6 Å². The molecule has 1 aliphatic heterocycles. The van der Waals surface area contributed by atoms with E-state index in [1.807, 2.05) is 6.07 Å². The predicted octanol–water partition coefficient (Wildman–Crippen LogP) is 1.80. The second-order valence-electron chi connectivity index (χ2n) is 6.29. The van der Waals surface area contributed by atoms with E-state index in [4.69, 9.17) is 14.3 Å². The lowest BCUT2D eigenvalue weighted by atomic mass is 10.2. The first-order chi connectivity index (χ1) is 13.4. The van der Waals surface area contributed by atoms with Gasteiger partial charge in [-0.05, 0) is 49.2 Å². The summed E-state index contributed by atoms with van der Waals surface area (Å²) in [6.45, 7) is 1.05.